The second-order valence-corrected chi connectivity index (χ2v) is 5.31. The number of ether oxygens (including phenoxy) is 1. The highest BCUT2D eigenvalue weighted by atomic mass is 127. The molecule has 1 N–H and O–H groups in total. The Balaban J connectivity index is 1.99. The van der Waals surface area contributed by atoms with Crippen LogP contribution in [0.3, 0.4) is 0 Å². The monoisotopic (exact) mass is 346 g/mol. The number of hydrogen-bond donors (Lipinski definition) is 1. The molecule has 1 amide bonds. The first-order valence-electron chi connectivity index (χ1n) is 5.74. The van der Waals surface area contributed by atoms with Crippen molar-refractivity contribution in [2.45, 2.75) is 25.9 Å². The Morgan fingerprint density at radius 3 is 3.12 bits per heavy atom. The smallest absolute Gasteiger partial charge is 0.231 e. The Kier molecular flexibility index (Phi) is 4.33. The van der Waals surface area contributed by atoms with E-state index in [2.05, 4.69) is 32.9 Å². The van der Waals surface area contributed by atoms with Gasteiger partial charge >= 0.3 is 0 Å². The topological polar surface area (TPSA) is 51.2 Å². The molecule has 1 fully saturated rings. The van der Waals surface area contributed by atoms with Crippen molar-refractivity contribution in [3.63, 3.8) is 0 Å². The molecule has 2 rings (SSSR count). The van der Waals surface area contributed by atoms with Crippen molar-refractivity contribution >= 4 is 34.3 Å². The van der Waals surface area contributed by atoms with E-state index in [9.17, 15) is 4.79 Å². The molecule has 1 aromatic heterocycles. The molecule has 1 aromatic rings. The van der Waals surface area contributed by atoms with E-state index in [0.29, 0.717) is 12.4 Å². The Morgan fingerprint density at radius 1 is 1.65 bits per heavy atom. The predicted molar refractivity (Wildman–Crippen MR) is 73.7 cm³/mol. The van der Waals surface area contributed by atoms with E-state index in [1.165, 1.54) is 0 Å². The van der Waals surface area contributed by atoms with E-state index >= 15 is 0 Å². The average molecular weight is 346 g/mol. The molecule has 1 saturated heterocycles. The van der Waals surface area contributed by atoms with Gasteiger partial charge in [-0.1, -0.05) is 6.92 Å². The van der Waals surface area contributed by atoms with Crippen molar-refractivity contribution in [1.29, 1.82) is 0 Å². The van der Waals surface area contributed by atoms with Gasteiger partial charge in [-0.25, -0.2) is 4.98 Å². The fourth-order valence-electron chi connectivity index (χ4n) is 2.02. The van der Waals surface area contributed by atoms with Gasteiger partial charge in [0.05, 0.1) is 12.0 Å². The summed E-state index contributed by atoms with van der Waals surface area (Å²) in [6, 6.07) is 3.74. The molecule has 2 atom stereocenters. The number of pyridine rings is 1. The molecule has 0 radical (unpaired) electrons. The maximum absolute atomic E-state index is 12.0. The number of anilines is 1. The number of aromatic nitrogens is 1. The van der Waals surface area contributed by atoms with Crippen LogP contribution in [0.15, 0.2) is 18.3 Å². The maximum Gasteiger partial charge on any atom is 0.231 e. The zero-order chi connectivity index (χ0) is 12.3. The van der Waals surface area contributed by atoms with Gasteiger partial charge in [0.1, 0.15) is 5.82 Å². The van der Waals surface area contributed by atoms with Crippen molar-refractivity contribution in [2.75, 3.05) is 11.9 Å². The fraction of sp³-hybridized carbons (Fsp3) is 0.500. The van der Waals surface area contributed by atoms with Gasteiger partial charge < -0.3 is 10.1 Å². The molecule has 0 saturated carbocycles. The molecule has 2 unspecified atom stereocenters. The first kappa shape index (κ1) is 12.8. The maximum atomic E-state index is 12.0. The van der Waals surface area contributed by atoms with E-state index in [1.54, 1.807) is 6.20 Å². The number of carbonyl (C=O) groups excluding carboxylic acids is 1. The van der Waals surface area contributed by atoms with Crippen LogP contribution in [-0.2, 0) is 9.53 Å². The minimum atomic E-state index is -0.0407. The molecule has 0 spiro atoms. The van der Waals surface area contributed by atoms with Crippen molar-refractivity contribution in [2.24, 2.45) is 5.92 Å². The van der Waals surface area contributed by atoms with E-state index < -0.39 is 0 Å². The first-order chi connectivity index (χ1) is 8.20. The fourth-order valence-corrected chi connectivity index (χ4v) is 2.34. The Labute approximate surface area is 114 Å². The molecule has 17 heavy (non-hydrogen) atoms. The number of hydrogen-bond acceptors (Lipinski definition) is 3. The zero-order valence-electron chi connectivity index (χ0n) is 9.65. The summed E-state index contributed by atoms with van der Waals surface area (Å²) >= 11 is 2.18. The Hall–Kier alpha value is -0.690. The molecule has 1 aliphatic heterocycles. The van der Waals surface area contributed by atoms with Crippen molar-refractivity contribution < 1.29 is 9.53 Å². The van der Waals surface area contributed by atoms with Crippen LogP contribution in [0.4, 0.5) is 5.82 Å². The van der Waals surface area contributed by atoms with Crippen LogP contribution in [0.2, 0.25) is 0 Å². The summed E-state index contributed by atoms with van der Waals surface area (Å²) in [6.07, 6.45) is 3.46. The van der Waals surface area contributed by atoms with E-state index in [-0.39, 0.29) is 17.9 Å². The van der Waals surface area contributed by atoms with Gasteiger partial charge in [-0.15, -0.1) is 0 Å². The van der Waals surface area contributed by atoms with Gasteiger partial charge in [-0.3, -0.25) is 4.79 Å². The van der Waals surface area contributed by atoms with E-state index in [0.717, 1.165) is 16.4 Å². The number of amides is 1. The van der Waals surface area contributed by atoms with Crippen LogP contribution in [-0.4, -0.2) is 23.6 Å². The molecule has 1 aliphatic rings. The summed E-state index contributed by atoms with van der Waals surface area (Å²) in [6.45, 7) is 2.72. The van der Waals surface area contributed by atoms with Gasteiger partial charge in [0.15, 0.2) is 0 Å². The normalized spacial score (nSPS) is 23.6. The summed E-state index contributed by atoms with van der Waals surface area (Å²) < 4.78 is 6.56. The molecule has 5 heteroatoms. The van der Waals surface area contributed by atoms with Crippen molar-refractivity contribution in [3.05, 3.63) is 21.9 Å². The Bertz CT molecular complexity index is 394. The SMILES string of the molecule is CCC1OCCC1C(=O)Nc1ccc(I)cn1. The van der Waals surface area contributed by atoms with Gasteiger partial charge in [0, 0.05) is 16.4 Å². The lowest BCUT2D eigenvalue weighted by Gasteiger charge is -2.15. The lowest BCUT2D eigenvalue weighted by molar-refractivity contribution is -0.121. The zero-order valence-corrected chi connectivity index (χ0v) is 11.8. The largest absolute Gasteiger partial charge is 0.377 e. The van der Waals surface area contributed by atoms with Crippen molar-refractivity contribution in [3.8, 4) is 0 Å². The summed E-state index contributed by atoms with van der Waals surface area (Å²) in [5.74, 6) is 0.585. The second kappa shape index (κ2) is 5.77. The number of nitrogens with one attached hydrogen (secondary N) is 1. The van der Waals surface area contributed by atoms with Crippen LogP contribution < -0.4 is 5.32 Å². The van der Waals surface area contributed by atoms with Crippen LogP contribution >= 0.6 is 22.6 Å². The summed E-state index contributed by atoms with van der Waals surface area (Å²) in [5.41, 5.74) is 0. The van der Waals surface area contributed by atoms with Crippen LogP contribution in [0, 0.1) is 9.49 Å². The lowest BCUT2D eigenvalue weighted by Crippen LogP contribution is -2.29. The highest BCUT2D eigenvalue weighted by Crippen LogP contribution is 2.24. The number of halogens is 1. The molecular weight excluding hydrogens is 331 g/mol. The van der Waals surface area contributed by atoms with Gasteiger partial charge in [-0.05, 0) is 47.6 Å². The molecule has 2 heterocycles. The molecule has 0 bridgehead atoms. The molecule has 4 nitrogen and oxygen atoms in total. The quantitative estimate of drug-likeness (QED) is 0.856. The third-order valence-electron chi connectivity index (χ3n) is 2.93. The minimum Gasteiger partial charge on any atom is -0.377 e. The molecular formula is C12H15IN2O2. The van der Waals surface area contributed by atoms with Crippen LogP contribution in [0.25, 0.3) is 0 Å². The molecule has 0 aromatic carbocycles. The summed E-state index contributed by atoms with van der Waals surface area (Å²) in [7, 11) is 0. The number of rotatable bonds is 3. The van der Waals surface area contributed by atoms with Crippen molar-refractivity contribution in [1.82, 2.24) is 4.98 Å². The molecule has 92 valence electrons. The third-order valence-corrected chi connectivity index (χ3v) is 3.57. The minimum absolute atomic E-state index is 0.0167. The third kappa shape index (κ3) is 3.16. The Morgan fingerprint density at radius 2 is 2.47 bits per heavy atom. The highest BCUT2D eigenvalue weighted by Gasteiger charge is 2.32. The number of carbonyl (C=O) groups is 1. The van der Waals surface area contributed by atoms with Crippen LogP contribution in [0.1, 0.15) is 19.8 Å². The van der Waals surface area contributed by atoms with E-state index in [1.807, 2.05) is 19.1 Å². The predicted octanol–water partition coefficient (Wildman–Crippen LogP) is 2.44. The number of nitrogens with zero attached hydrogens (tertiary/aromatic N) is 1. The molecule has 0 aliphatic carbocycles. The second-order valence-electron chi connectivity index (χ2n) is 4.06. The standard InChI is InChI=1S/C12H15IN2O2/c1-2-10-9(5-6-17-10)12(16)15-11-4-3-8(13)7-14-11/h3-4,7,9-10H,2,5-6H2,1H3,(H,14,15,16). The van der Waals surface area contributed by atoms with Gasteiger partial charge in [-0.2, -0.15) is 0 Å². The average Bonchev–Trinajstić information content (AvgIpc) is 2.80. The van der Waals surface area contributed by atoms with E-state index in [4.69, 9.17) is 4.74 Å². The van der Waals surface area contributed by atoms with Gasteiger partial charge in [0.2, 0.25) is 5.91 Å². The summed E-state index contributed by atoms with van der Waals surface area (Å²) in [4.78, 5) is 16.2. The first-order valence-corrected chi connectivity index (χ1v) is 6.82. The summed E-state index contributed by atoms with van der Waals surface area (Å²) in [5, 5.41) is 2.84. The van der Waals surface area contributed by atoms with Crippen LogP contribution in [0.5, 0.6) is 0 Å². The van der Waals surface area contributed by atoms with Gasteiger partial charge in [0.25, 0.3) is 0 Å². The lowest BCUT2D eigenvalue weighted by atomic mass is 9.99. The highest BCUT2D eigenvalue weighted by molar-refractivity contribution is 14.1.